The molecule has 1 atom stereocenters. The molecule has 6 fully saturated rings. The number of nitrogens with one attached hydrogen (secondary N) is 1. The predicted molar refractivity (Wildman–Crippen MR) is 255 cm³/mol. The van der Waals surface area contributed by atoms with Crippen LogP contribution in [0, 0.1) is 17.6 Å². The van der Waals surface area contributed by atoms with Gasteiger partial charge in [-0.2, -0.15) is 5.10 Å². The van der Waals surface area contributed by atoms with Crippen molar-refractivity contribution in [3.63, 3.8) is 0 Å². The number of hydrogen-bond donors (Lipinski definition) is 2. The van der Waals surface area contributed by atoms with Crippen molar-refractivity contribution in [3.8, 4) is 22.8 Å². The zero-order valence-electron chi connectivity index (χ0n) is 40.0. The fourth-order valence-electron chi connectivity index (χ4n) is 10.8. The molecular weight excluding hydrogens is 919 g/mol. The third-order valence-corrected chi connectivity index (χ3v) is 15.6. The van der Waals surface area contributed by atoms with Gasteiger partial charge in [0, 0.05) is 96.4 Å². The second-order valence-corrected chi connectivity index (χ2v) is 20.4. The summed E-state index contributed by atoms with van der Waals surface area (Å²) in [6.07, 6.45) is 12.0. The standard InChI is InChI=1S/C49H58F2N14O6/c1-49(11-12-49)65-46-39(44(52)55-27-56-46)40(58-65)41-38(43(71-59-41)30-3-4-30)45-53-23-31(24-54-45)29-9-15-64(16-10-29)48(69)70-26-37(67)62-13-7-28(8-14-62)25-61-17-19-63(20-18-61)42-33(50)21-32(22-34(42)51)60(2)35-5-6-36(66)57-47(35)68/h21-24,27-30,35H,3-20,25-26H2,1-2H3,(H2,52,55,56)(H,57,66,68). The minimum Gasteiger partial charge on any atom is -0.439 e. The lowest BCUT2D eigenvalue weighted by atomic mass is 9.91. The first-order chi connectivity index (χ1) is 34.3. The van der Waals surface area contributed by atoms with Crippen molar-refractivity contribution < 1.29 is 37.2 Å². The number of fused-ring (bicyclic) bond motifs is 1. The number of imide groups is 1. The molecule has 8 heterocycles. The second kappa shape index (κ2) is 18.7. The molecule has 0 spiro atoms. The Balaban J connectivity index is 0.626. The van der Waals surface area contributed by atoms with E-state index in [0.717, 1.165) is 56.4 Å². The lowest BCUT2D eigenvalue weighted by Gasteiger charge is -2.40. The number of benzene rings is 1. The zero-order valence-corrected chi connectivity index (χ0v) is 40.0. The van der Waals surface area contributed by atoms with Crippen molar-refractivity contribution in [1.29, 1.82) is 0 Å². The van der Waals surface area contributed by atoms with Crippen LogP contribution in [0.2, 0.25) is 0 Å². The van der Waals surface area contributed by atoms with Crippen LogP contribution in [0.1, 0.15) is 94.3 Å². The van der Waals surface area contributed by atoms with E-state index in [9.17, 15) is 19.2 Å². The minimum absolute atomic E-state index is 0.0821. The summed E-state index contributed by atoms with van der Waals surface area (Å²) in [6.45, 7) is 6.88. The molecule has 20 nitrogen and oxygen atoms in total. The maximum atomic E-state index is 15.4. The van der Waals surface area contributed by atoms with Crippen LogP contribution in [0.15, 0.2) is 35.4 Å². The molecule has 4 saturated heterocycles. The number of carbonyl (C=O) groups is 4. The number of nitrogens with zero attached hydrogens (tertiary/aromatic N) is 12. The second-order valence-electron chi connectivity index (χ2n) is 20.4. The molecule has 5 aromatic rings. The van der Waals surface area contributed by atoms with Crippen molar-refractivity contribution in [1.82, 2.24) is 54.9 Å². The minimum atomic E-state index is -0.698. The number of anilines is 3. The fraction of sp³-hybridized carbons (Fsp3) is 0.551. The number of likely N-dealkylation sites (N-methyl/N-ethyl adjacent to an activating group) is 1. The molecule has 22 heteroatoms. The highest BCUT2D eigenvalue weighted by Gasteiger charge is 2.44. The van der Waals surface area contributed by atoms with Crippen LogP contribution in [0.25, 0.3) is 33.8 Å². The summed E-state index contributed by atoms with van der Waals surface area (Å²) < 4.78 is 44.3. The number of likely N-dealkylation sites (tertiary alicyclic amines) is 2. The third-order valence-electron chi connectivity index (χ3n) is 15.6. The van der Waals surface area contributed by atoms with Gasteiger partial charge in [-0.05, 0) is 94.2 Å². The molecule has 4 amide bonds. The number of nitrogen functional groups attached to an aromatic ring is 1. The van der Waals surface area contributed by atoms with Crippen molar-refractivity contribution in [2.24, 2.45) is 5.92 Å². The normalized spacial score (nSPS) is 21.2. The Labute approximate surface area is 408 Å². The number of nitrogens with two attached hydrogens (primary N) is 1. The highest BCUT2D eigenvalue weighted by Crippen LogP contribution is 2.50. The molecular formula is C49H58F2N14O6. The molecule has 4 aromatic heterocycles. The monoisotopic (exact) mass is 976 g/mol. The van der Waals surface area contributed by atoms with Crippen molar-refractivity contribution >= 4 is 52.0 Å². The Morgan fingerprint density at radius 1 is 0.873 bits per heavy atom. The molecule has 4 aliphatic heterocycles. The van der Waals surface area contributed by atoms with Gasteiger partial charge in [0.2, 0.25) is 11.8 Å². The summed E-state index contributed by atoms with van der Waals surface area (Å²) in [5, 5.41) is 12.4. The highest BCUT2D eigenvalue weighted by molar-refractivity contribution is 6.02. The number of ether oxygens (including phenoxy) is 1. The van der Waals surface area contributed by atoms with Gasteiger partial charge in [-0.15, -0.1) is 0 Å². The molecule has 6 aliphatic rings. The Morgan fingerprint density at radius 3 is 2.23 bits per heavy atom. The summed E-state index contributed by atoms with van der Waals surface area (Å²) in [4.78, 5) is 77.7. The van der Waals surface area contributed by atoms with Gasteiger partial charge in [-0.1, -0.05) is 5.16 Å². The van der Waals surface area contributed by atoms with E-state index in [4.69, 9.17) is 30.1 Å². The molecule has 2 saturated carbocycles. The van der Waals surface area contributed by atoms with Crippen molar-refractivity contribution in [3.05, 3.63) is 53.8 Å². The Kier molecular flexibility index (Phi) is 12.3. The fourth-order valence-corrected chi connectivity index (χ4v) is 10.8. The first-order valence-corrected chi connectivity index (χ1v) is 24.9. The van der Waals surface area contributed by atoms with Crippen molar-refractivity contribution in [2.75, 3.05) is 88.1 Å². The molecule has 0 radical (unpaired) electrons. The van der Waals surface area contributed by atoms with E-state index >= 15 is 8.78 Å². The number of halogens is 2. The van der Waals surface area contributed by atoms with Crippen LogP contribution in [0.3, 0.4) is 0 Å². The lowest BCUT2D eigenvalue weighted by molar-refractivity contribution is -0.136. The number of piperazine rings is 1. The first-order valence-electron chi connectivity index (χ1n) is 24.9. The van der Waals surface area contributed by atoms with Gasteiger partial charge in [0.25, 0.3) is 5.91 Å². The Bertz CT molecular complexity index is 2840. The number of hydrogen-bond acceptors (Lipinski definition) is 16. The van der Waals surface area contributed by atoms with Crippen LogP contribution in [-0.4, -0.2) is 152 Å². The first kappa shape index (κ1) is 46.5. The van der Waals surface area contributed by atoms with Gasteiger partial charge in [-0.25, -0.2) is 38.2 Å². The maximum Gasteiger partial charge on any atom is 0.410 e. The highest BCUT2D eigenvalue weighted by atomic mass is 19.1. The van der Waals surface area contributed by atoms with Crippen molar-refractivity contribution in [2.45, 2.75) is 94.5 Å². The smallest absolute Gasteiger partial charge is 0.410 e. The van der Waals surface area contributed by atoms with Crippen LogP contribution >= 0.6 is 0 Å². The molecule has 11 rings (SSSR count). The zero-order chi connectivity index (χ0) is 49.1. The molecule has 0 bridgehead atoms. The quantitative estimate of drug-likeness (QED) is 0.160. The number of carbonyl (C=O) groups excluding carboxylic acids is 4. The number of amides is 4. The molecule has 2 aliphatic carbocycles. The topological polar surface area (TPSA) is 227 Å². The molecule has 374 valence electrons. The van der Waals surface area contributed by atoms with Gasteiger partial charge < -0.3 is 34.6 Å². The average Bonchev–Trinajstić information content (AvgIpc) is 4.28. The van der Waals surface area contributed by atoms with Crippen LogP contribution < -0.4 is 20.9 Å². The predicted octanol–water partition coefficient (Wildman–Crippen LogP) is 4.80. The van der Waals surface area contributed by atoms with E-state index in [1.807, 2.05) is 17.1 Å². The largest absolute Gasteiger partial charge is 0.439 e. The van der Waals surface area contributed by atoms with E-state index in [-0.39, 0.29) is 60.0 Å². The molecule has 3 N–H and O–H groups in total. The van der Waals surface area contributed by atoms with E-state index in [0.29, 0.717) is 111 Å². The Hall–Kier alpha value is -6.84. The van der Waals surface area contributed by atoms with Crippen LogP contribution in [0.5, 0.6) is 0 Å². The SMILES string of the molecule is CN(c1cc(F)c(N2CCN(CC3CCN(C(=O)COC(=O)N4CCC(c5cnc(-c6c(-c7nn(C8(C)CC8)c8ncnc(N)c78)noc6C6CC6)nc5)CC4)CC3)CC2)c(F)c1)C1CCC(=O)NC1=O. The number of piperidine rings is 3. The van der Waals surface area contributed by atoms with Gasteiger partial charge in [0.05, 0.1) is 16.5 Å². The molecule has 1 unspecified atom stereocenters. The van der Waals surface area contributed by atoms with Gasteiger partial charge in [-0.3, -0.25) is 24.6 Å². The average molecular weight is 977 g/mol. The van der Waals surface area contributed by atoms with E-state index in [1.54, 1.807) is 21.7 Å². The maximum absolute atomic E-state index is 15.4. The molecule has 1 aromatic carbocycles. The third kappa shape index (κ3) is 9.21. The van der Waals surface area contributed by atoms with E-state index < -0.39 is 29.7 Å². The summed E-state index contributed by atoms with van der Waals surface area (Å²) >= 11 is 0. The van der Waals surface area contributed by atoms with E-state index in [1.165, 1.54) is 23.4 Å². The number of aromatic nitrogens is 7. The summed E-state index contributed by atoms with van der Waals surface area (Å²) in [5.41, 5.74) is 9.83. The Morgan fingerprint density at radius 2 is 1.56 bits per heavy atom. The summed E-state index contributed by atoms with van der Waals surface area (Å²) in [5.74, 6) is -0.185. The summed E-state index contributed by atoms with van der Waals surface area (Å²) in [7, 11) is 1.59. The van der Waals surface area contributed by atoms with E-state index in [2.05, 4.69) is 32.3 Å². The van der Waals surface area contributed by atoms with Crippen LogP contribution in [0.4, 0.5) is 30.8 Å². The van der Waals surface area contributed by atoms with Gasteiger partial charge in [0.1, 0.15) is 35.3 Å². The van der Waals surface area contributed by atoms with Gasteiger partial charge >= 0.3 is 6.09 Å². The van der Waals surface area contributed by atoms with Crippen LogP contribution in [-0.2, 0) is 24.7 Å². The number of rotatable bonds is 12. The summed E-state index contributed by atoms with van der Waals surface area (Å²) in [6, 6.07) is 1.80. The lowest BCUT2D eigenvalue weighted by Crippen LogP contribution is -2.51. The molecule has 71 heavy (non-hydrogen) atoms. The van der Waals surface area contributed by atoms with Gasteiger partial charge in [0.15, 0.2) is 35.5 Å².